The lowest BCUT2D eigenvalue weighted by Gasteiger charge is -2.36. The lowest BCUT2D eigenvalue weighted by atomic mass is 10.0. The fraction of sp³-hybridized carbons (Fsp3) is 0.500. The minimum atomic E-state index is -0.447. The Hall–Kier alpha value is -2.87. The molecule has 0 aromatic heterocycles. The maximum Gasteiger partial charge on any atom is 0.253 e. The molecule has 8 heteroatoms. The summed E-state index contributed by atoms with van der Waals surface area (Å²) in [4.78, 5) is 41.5. The highest BCUT2D eigenvalue weighted by Gasteiger charge is 2.30. The van der Waals surface area contributed by atoms with E-state index in [0.29, 0.717) is 44.1 Å². The molecule has 8 nitrogen and oxygen atoms in total. The molecule has 2 aromatic carbocycles. The molecule has 0 radical (unpaired) electrons. The van der Waals surface area contributed by atoms with Crippen LogP contribution in [0.15, 0.2) is 33.9 Å². The molecule has 0 spiro atoms. The number of amides is 1. The van der Waals surface area contributed by atoms with Crippen LogP contribution in [-0.4, -0.2) is 69.1 Å². The lowest BCUT2D eigenvalue weighted by Crippen LogP contribution is -2.51. The maximum absolute atomic E-state index is 12.3. The quantitative estimate of drug-likeness (QED) is 0.508. The molecule has 2 heterocycles. The summed E-state index contributed by atoms with van der Waals surface area (Å²) in [5, 5.41) is 3.29. The van der Waals surface area contributed by atoms with Crippen LogP contribution < -0.4 is 25.8 Å². The minimum absolute atomic E-state index is 0.113. The molecule has 2 aliphatic rings. The van der Waals surface area contributed by atoms with Crippen molar-refractivity contribution in [3.63, 3.8) is 0 Å². The fourth-order valence-corrected chi connectivity index (χ4v) is 4.43. The van der Waals surface area contributed by atoms with Gasteiger partial charge in [-0.1, -0.05) is 12.1 Å². The summed E-state index contributed by atoms with van der Waals surface area (Å²) in [5.41, 5.74) is 1.17. The zero-order valence-electron chi connectivity index (χ0n) is 17.3. The first-order chi connectivity index (χ1) is 14.6. The standard InChI is InChI=1S/C22H28N4O4/c1-30-17-6-4-16(5-7-17)18(25-8-2-3-9-25)14-23-19-20(22(29)21(19)28)26-12-10-24(15-27)11-13-26/h4-7,15,18,23H,2-3,8-14H2,1H3. The highest BCUT2D eigenvalue weighted by molar-refractivity contribution is 5.75. The Bertz CT molecular complexity index is 937. The molecule has 0 aliphatic carbocycles. The summed E-state index contributed by atoms with van der Waals surface area (Å²) in [6.07, 6.45) is 3.16. The van der Waals surface area contributed by atoms with Gasteiger partial charge in [0.1, 0.15) is 17.1 Å². The van der Waals surface area contributed by atoms with Gasteiger partial charge >= 0.3 is 0 Å². The first-order valence-electron chi connectivity index (χ1n) is 10.5. The summed E-state index contributed by atoms with van der Waals surface area (Å²) in [6, 6.07) is 8.14. The van der Waals surface area contributed by atoms with E-state index in [9.17, 15) is 14.4 Å². The smallest absolute Gasteiger partial charge is 0.253 e. The third-order valence-corrected chi connectivity index (χ3v) is 6.22. The number of nitrogens with one attached hydrogen (secondary N) is 1. The van der Waals surface area contributed by atoms with E-state index in [4.69, 9.17) is 4.74 Å². The third-order valence-electron chi connectivity index (χ3n) is 6.22. The van der Waals surface area contributed by atoms with E-state index in [-0.39, 0.29) is 6.04 Å². The van der Waals surface area contributed by atoms with Gasteiger partial charge in [-0.05, 0) is 43.6 Å². The number of carbonyl (C=O) groups excluding carboxylic acids is 1. The molecule has 2 aromatic rings. The number of anilines is 2. The first-order valence-corrected chi connectivity index (χ1v) is 10.5. The summed E-state index contributed by atoms with van der Waals surface area (Å²) in [5.74, 6) is 0.811. The molecule has 4 rings (SSSR count). The van der Waals surface area contributed by atoms with E-state index in [2.05, 4.69) is 22.3 Å². The van der Waals surface area contributed by atoms with Crippen LogP contribution in [0.1, 0.15) is 24.4 Å². The van der Waals surface area contributed by atoms with Crippen molar-refractivity contribution < 1.29 is 9.53 Å². The summed E-state index contributed by atoms with van der Waals surface area (Å²) in [6.45, 7) is 4.83. The van der Waals surface area contributed by atoms with Crippen LogP contribution in [0.3, 0.4) is 0 Å². The predicted octanol–water partition coefficient (Wildman–Crippen LogP) is 0.819. The van der Waals surface area contributed by atoms with E-state index in [0.717, 1.165) is 30.8 Å². The van der Waals surface area contributed by atoms with Crippen molar-refractivity contribution in [2.45, 2.75) is 18.9 Å². The molecular formula is C22H28N4O4. The topological polar surface area (TPSA) is 82.2 Å². The molecule has 1 atom stereocenters. The summed E-state index contributed by atoms with van der Waals surface area (Å²) < 4.78 is 5.27. The highest BCUT2D eigenvalue weighted by Crippen LogP contribution is 2.28. The van der Waals surface area contributed by atoms with Crippen molar-refractivity contribution in [3.8, 4) is 5.75 Å². The van der Waals surface area contributed by atoms with Crippen molar-refractivity contribution in [1.82, 2.24) is 9.80 Å². The Kier molecular flexibility index (Phi) is 6.03. The van der Waals surface area contributed by atoms with E-state index in [1.807, 2.05) is 17.0 Å². The van der Waals surface area contributed by atoms with Crippen LogP contribution in [0.4, 0.5) is 11.4 Å². The summed E-state index contributed by atoms with van der Waals surface area (Å²) in [7, 11) is 1.65. The molecule has 1 N–H and O–H groups in total. The van der Waals surface area contributed by atoms with Gasteiger partial charge < -0.3 is 19.9 Å². The molecule has 1 unspecified atom stereocenters. The van der Waals surface area contributed by atoms with Crippen molar-refractivity contribution in [3.05, 3.63) is 50.3 Å². The van der Waals surface area contributed by atoms with Gasteiger partial charge in [-0.25, -0.2) is 0 Å². The van der Waals surface area contributed by atoms with Crippen LogP contribution >= 0.6 is 0 Å². The second-order valence-corrected chi connectivity index (χ2v) is 7.92. The van der Waals surface area contributed by atoms with E-state index in [1.165, 1.54) is 12.8 Å². The molecular weight excluding hydrogens is 384 g/mol. The lowest BCUT2D eigenvalue weighted by molar-refractivity contribution is -0.118. The molecule has 30 heavy (non-hydrogen) atoms. The van der Waals surface area contributed by atoms with Gasteiger partial charge in [-0.2, -0.15) is 0 Å². The number of rotatable bonds is 8. The number of benzene rings is 1. The number of methoxy groups -OCH3 is 1. The Balaban J connectivity index is 1.50. The van der Waals surface area contributed by atoms with Gasteiger partial charge in [0, 0.05) is 32.7 Å². The summed E-state index contributed by atoms with van der Waals surface area (Å²) >= 11 is 0. The van der Waals surface area contributed by atoms with E-state index >= 15 is 0 Å². The largest absolute Gasteiger partial charge is 0.497 e. The van der Waals surface area contributed by atoms with Crippen molar-refractivity contribution >= 4 is 17.8 Å². The SMILES string of the molecule is COc1ccc(C(CNc2c(N3CCN(C=O)CC3)c(=O)c2=O)N2CCCC2)cc1. The molecule has 2 saturated heterocycles. The molecule has 2 fully saturated rings. The van der Waals surface area contributed by atoms with E-state index in [1.54, 1.807) is 12.0 Å². The molecule has 2 aliphatic heterocycles. The van der Waals surface area contributed by atoms with Gasteiger partial charge in [0.25, 0.3) is 10.9 Å². The Morgan fingerprint density at radius 3 is 2.27 bits per heavy atom. The molecule has 1 amide bonds. The van der Waals surface area contributed by atoms with Gasteiger partial charge in [0.05, 0.1) is 13.2 Å². The monoisotopic (exact) mass is 412 g/mol. The van der Waals surface area contributed by atoms with Crippen LogP contribution in [0, 0.1) is 0 Å². The number of carbonyl (C=O) groups is 1. The average Bonchev–Trinajstić information content (AvgIpc) is 3.33. The fourth-order valence-electron chi connectivity index (χ4n) is 4.43. The van der Waals surface area contributed by atoms with Gasteiger partial charge in [-0.3, -0.25) is 19.3 Å². The maximum atomic E-state index is 12.3. The number of hydrogen-bond acceptors (Lipinski definition) is 7. The molecule has 0 saturated carbocycles. The van der Waals surface area contributed by atoms with Gasteiger partial charge in [0.15, 0.2) is 0 Å². The van der Waals surface area contributed by atoms with Crippen molar-refractivity contribution in [2.24, 2.45) is 0 Å². The van der Waals surface area contributed by atoms with Crippen LogP contribution in [0.25, 0.3) is 0 Å². The predicted molar refractivity (Wildman–Crippen MR) is 116 cm³/mol. The molecule has 0 bridgehead atoms. The average molecular weight is 412 g/mol. The zero-order chi connectivity index (χ0) is 21.1. The number of piperazine rings is 1. The number of nitrogens with zero attached hydrogens (tertiary/aromatic N) is 3. The van der Waals surface area contributed by atoms with Crippen LogP contribution in [0.5, 0.6) is 5.75 Å². The number of ether oxygens (including phenoxy) is 1. The molecule has 160 valence electrons. The normalized spacial score (nSPS) is 18.6. The number of likely N-dealkylation sites (tertiary alicyclic amines) is 1. The third kappa shape index (κ3) is 3.92. The minimum Gasteiger partial charge on any atom is -0.497 e. The van der Waals surface area contributed by atoms with Gasteiger partial charge in [0.2, 0.25) is 6.41 Å². The zero-order valence-corrected chi connectivity index (χ0v) is 17.3. The Morgan fingerprint density at radius 1 is 1.00 bits per heavy atom. The van der Waals surface area contributed by atoms with Crippen LogP contribution in [-0.2, 0) is 4.79 Å². The Labute approximate surface area is 175 Å². The number of hydrogen-bond donors (Lipinski definition) is 1. The van der Waals surface area contributed by atoms with Crippen molar-refractivity contribution in [1.29, 1.82) is 0 Å². The Morgan fingerprint density at radius 2 is 1.67 bits per heavy atom. The highest BCUT2D eigenvalue weighted by atomic mass is 16.5. The first kappa shape index (κ1) is 20.4. The second-order valence-electron chi connectivity index (χ2n) is 7.92. The van der Waals surface area contributed by atoms with E-state index < -0.39 is 10.9 Å². The van der Waals surface area contributed by atoms with Crippen LogP contribution in [0.2, 0.25) is 0 Å². The second kappa shape index (κ2) is 8.87. The van der Waals surface area contributed by atoms with Crippen molar-refractivity contribution in [2.75, 3.05) is 63.1 Å². The van der Waals surface area contributed by atoms with Gasteiger partial charge in [-0.15, -0.1) is 0 Å².